The average molecular weight is 426 g/mol. The van der Waals surface area contributed by atoms with Gasteiger partial charge in [0.25, 0.3) is 0 Å². The fourth-order valence-corrected chi connectivity index (χ4v) is 4.37. The largest absolute Gasteiger partial charge is 0.507 e. The van der Waals surface area contributed by atoms with E-state index in [1.54, 1.807) is 35.0 Å². The average Bonchev–Trinajstić information content (AvgIpc) is 2.75. The van der Waals surface area contributed by atoms with Crippen molar-refractivity contribution in [1.29, 1.82) is 0 Å². The molecule has 1 N–H and O–H groups in total. The van der Waals surface area contributed by atoms with E-state index in [0.717, 1.165) is 19.3 Å². The molecule has 1 fully saturated rings. The summed E-state index contributed by atoms with van der Waals surface area (Å²) in [6.07, 6.45) is 3.67. The van der Waals surface area contributed by atoms with Gasteiger partial charge >= 0.3 is 0 Å². The summed E-state index contributed by atoms with van der Waals surface area (Å²) in [5.41, 5.74) is 1.31. The van der Waals surface area contributed by atoms with Gasteiger partial charge in [0.1, 0.15) is 18.0 Å². The first kappa shape index (κ1) is 21.3. The predicted molar refractivity (Wildman–Crippen MR) is 118 cm³/mol. The van der Waals surface area contributed by atoms with Crippen molar-refractivity contribution >= 4 is 10.9 Å². The zero-order chi connectivity index (χ0) is 22.1. The molecule has 31 heavy (non-hydrogen) atoms. The van der Waals surface area contributed by atoms with Crippen molar-refractivity contribution in [2.45, 2.75) is 51.8 Å². The molecule has 0 radical (unpaired) electrons. The van der Waals surface area contributed by atoms with Crippen molar-refractivity contribution in [2.75, 3.05) is 0 Å². The van der Waals surface area contributed by atoms with Gasteiger partial charge in [-0.15, -0.1) is 10.2 Å². The molecule has 164 valence electrons. The highest BCUT2D eigenvalue weighted by molar-refractivity contribution is 5.87. The normalized spacial score (nSPS) is 24.5. The number of phenolic OH excluding ortho intramolecular Hbond substituents is 1. The number of aromatic nitrogens is 3. The first-order chi connectivity index (χ1) is 14.8. The lowest BCUT2D eigenvalue weighted by molar-refractivity contribution is 0.0323. The number of ether oxygens (including phenoxy) is 1. The van der Waals surface area contributed by atoms with E-state index in [4.69, 9.17) is 4.74 Å². The second-order valence-corrected chi connectivity index (χ2v) is 8.78. The first-order valence-electron chi connectivity index (χ1n) is 10.8. The highest BCUT2D eigenvalue weighted by Gasteiger charge is 2.32. The third-order valence-electron chi connectivity index (χ3n) is 6.29. The van der Waals surface area contributed by atoms with Gasteiger partial charge in [0, 0.05) is 42.4 Å². The monoisotopic (exact) mass is 425 g/mol. The fourth-order valence-electron chi connectivity index (χ4n) is 4.37. The molecule has 4 rings (SSSR count). The summed E-state index contributed by atoms with van der Waals surface area (Å²) >= 11 is 0. The molecule has 0 amide bonds. The van der Waals surface area contributed by atoms with Crippen LogP contribution in [0.3, 0.4) is 0 Å². The molecule has 1 unspecified atom stereocenters. The second-order valence-electron chi connectivity index (χ2n) is 8.78. The summed E-state index contributed by atoms with van der Waals surface area (Å²) in [4.78, 5) is 12.3. The fraction of sp³-hybridized carbons (Fsp3) is 0.458. The molecule has 0 saturated heterocycles. The van der Waals surface area contributed by atoms with Gasteiger partial charge in [-0.2, -0.15) is 0 Å². The summed E-state index contributed by atoms with van der Waals surface area (Å²) in [6, 6.07) is 7.95. The van der Waals surface area contributed by atoms with Crippen LogP contribution in [-0.2, 0) is 7.05 Å². The third-order valence-corrected chi connectivity index (χ3v) is 6.29. The van der Waals surface area contributed by atoms with E-state index < -0.39 is 12.3 Å². The lowest BCUT2D eigenvalue weighted by Gasteiger charge is -2.31. The lowest BCUT2D eigenvalue weighted by Crippen LogP contribution is -2.36. The maximum absolute atomic E-state index is 14.9. The van der Waals surface area contributed by atoms with Gasteiger partial charge in [0.15, 0.2) is 5.43 Å². The Morgan fingerprint density at radius 3 is 2.71 bits per heavy atom. The second kappa shape index (κ2) is 8.65. The molecular weight excluding hydrogens is 397 g/mol. The molecule has 1 aromatic carbocycles. The van der Waals surface area contributed by atoms with Crippen molar-refractivity contribution in [1.82, 2.24) is 14.8 Å². The van der Waals surface area contributed by atoms with Crippen LogP contribution in [0.4, 0.5) is 4.39 Å². The van der Waals surface area contributed by atoms with Gasteiger partial charge < -0.3 is 14.4 Å². The summed E-state index contributed by atoms with van der Waals surface area (Å²) in [5, 5.41) is 19.3. The van der Waals surface area contributed by atoms with Gasteiger partial charge in [-0.1, -0.05) is 26.7 Å². The Balaban J connectivity index is 1.60. The number of hydrogen-bond donors (Lipinski definition) is 1. The van der Waals surface area contributed by atoms with Crippen LogP contribution in [0.25, 0.3) is 22.2 Å². The summed E-state index contributed by atoms with van der Waals surface area (Å²) in [7, 11) is 1.81. The first-order valence-corrected chi connectivity index (χ1v) is 10.8. The van der Waals surface area contributed by atoms with E-state index in [1.165, 1.54) is 6.07 Å². The van der Waals surface area contributed by atoms with E-state index in [-0.39, 0.29) is 23.0 Å². The minimum absolute atomic E-state index is 0.00292. The van der Waals surface area contributed by atoms with Crippen LogP contribution in [-0.4, -0.2) is 32.1 Å². The number of phenols is 1. The zero-order valence-electron chi connectivity index (χ0n) is 18.1. The van der Waals surface area contributed by atoms with E-state index in [1.807, 2.05) is 14.0 Å². The molecule has 0 aliphatic heterocycles. The van der Waals surface area contributed by atoms with Crippen LogP contribution in [0.15, 0.2) is 41.3 Å². The number of benzene rings is 1. The van der Waals surface area contributed by atoms with Crippen molar-refractivity contribution in [3.63, 3.8) is 0 Å². The SMILES string of the molecule is CC1CCC[C@H](C)[C@H](F)[C@H](Oc2ccc(-c3cc4c(=O)ccn(C)c4cc3O)nn2)C1. The summed E-state index contributed by atoms with van der Waals surface area (Å²) in [5.74, 6) is 0.595. The van der Waals surface area contributed by atoms with Crippen molar-refractivity contribution in [3.05, 3.63) is 46.8 Å². The molecule has 3 aromatic rings. The molecule has 1 saturated carbocycles. The van der Waals surface area contributed by atoms with Gasteiger partial charge in [-0.05, 0) is 36.8 Å². The van der Waals surface area contributed by atoms with Crippen LogP contribution in [0.1, 0.15) is 39.5 Å². The van der Waals surface area contributed by atoms with E-state index >= 15 is 0 Å². The number of fused-ring (bicyclic) bond motifs is 1. The highest BCUT2D eigenvalue weighted by Crippen LogP contribution is 2.33. The van der Waals surface area contributed by atoms with Crippen LogP contribution >= 0.6 is 0 Å². The Kier molecular flexibility index (Phi) is 5.94. The number of rotatable bonds is 3. The van der Waals surface area contributed by atoms with Crippen LogP contribution < -0.4 is 10.2 Å². The van der Waals surface area contributed by atoms with Gasteiger partial charge in [-0.25, -0.2) is 4.39 Å². The van der Waals surface area contributed by atoms with Crippen molar-refractivity contribution in [3.8, 4) is 22.9 Å². The maximum Gasteiger partial charge on any atom is 0.233 e. The van der Waals surface area contributed by atoms with Gasteiger partial charge in [0.05, 0.1) is 11.2 Å². The summed E-state index contributed by atoms with van der Waals surface area (Å²) < 4.78 is 22.6. The number of aromatic hydroxyl groups is 1. The molecule has 6 nitrogen and oxygen atoms in total. The molecule has 1 aliphatic rings. The standard InChI is InChI=1S/C24H28FN3O3/c1-14-5-4-6-15(2)24(25)22(11-14)31-23-8-7-18(26-27-23)16-12-17-19(13-21(16)30)28(3)10-9-20(17)29/h7-10,12-15,22,24,30H,4-6,11H2,1-3H3/t14?,15-,22+,24-/m0/s1. The molecule has 4 atom stereocenters. The van der Waals surface area contributed by atoms with Crippen molar-refractivity contribution in [2.24, 2.45) is 18.9 Å². The minimum Gasteiger partial charge on any atom is -0.507 e. The molecule has 2 aromatic heterocycles. The van der Waals surface area contributed by atoms with Crippen LogP contribution in [0, 0.1) is 11.8 Å². The Morgan fingerprint density at radius 2 is 1.97 bits per heavy atom. The van der Waals surface area contributed by atoms with Crippen LogP contribution in [0.2, 0.25) is 0 Å². The molecular formula is C24H28FN3O3. The Morgan fingerprint density at radius 1 is 1.16 bits per heavy atom. The Bertz CT molecular complexity index is 1130. The van der Waals surface area contributed by atoms with E-state index in [0.29, 0.717) is 34.5 Å². The molecule has 7 heteroatoms. The third kappa shape index (κ3) is 4.40. The lowest BCUT2D eigenvalue weighted by atomic mass is 9.84. The Hall–Kier alpha value is -2.96. The smallest absolute Gasteiger partial charge is 0.233 e. The van der Waals surface area contributed by atoms with Gasteiger partial charge in [-0.3, -0.25) is 4.79 Å². The number of nitrogens with zero attached hydrogens (tertiary/aromatic N) is 3. The molecule has 1 aliphatic carbocycles. The number of hydrogen-bond acceptors (Lipinski definition) is 5. The van der Waals surface area contributed by atoms with E-state index in [9.17, 15) is 14.3 Å². The molecule has 2 heterocycles. The number of pyridine rings is 1. The highest BCUT2D eigenvalue weighted by atomic mass is 19.1. The molecule has 0 bridgehead atoms. The van der Waals surface area contributed by atoms with Crippen LogP contribution in [0.5, 0.6) is 11.6 Å². The number of halogens is 1. The van der Waals surface area contributed by atoms with E-state index in [2.05, 4.69) is 17.1 Å². The van der Waals surface area contributed by atoms with Gasteiger partial charge in [0.2, 0.25) is 5.88 Å². The summed E-state index contributed by atoms with van der Waals surface area (Å²) in [6.45, 7) is 4.05. The number of alkyl halides is 1. The predicted octanol–water partition coefficient (Wildman–Crippen LogP) is 4.63. The Labute approximate surface area is 180 Å². The number of aryl methyl sites for hydroxylation is 1. The zero-order valence-corrected chi connectivity index (χ0v) is 18.1. The quantitative estimate of drug-likeness (QED) is 0.662. The topological polar surface area (TPSA) is 77.2 Å². The van der Waals surface area contributed by atoms with Crippen molar-refractivity contribution < 1.29 is 14.2 Å². The maximum atomic E-state index is 14.9. The molecule has 0 spiro atoms. The minimum atomic E-state index is -1.05.